The number of hydrogen-bond acceptors (Lipinski definition) is 6. The van der Waals surface area contributed by atoms with Crippen LogP contribution < -0.4 is 10.6 Å². The molecule has 3 aromatic rings. The summed E-state index contributed by atoms with van der Waals surface area (Å²) in [5, 5.41) is 12.0. The Morgan fingerprint density at radius 3 is 2.52 bits per heavy atom. The topological polar surface area (TPSA) is 94.7 Å². The van der Waals surface area contributed by atoms with Crippen molar-refractivity contribution >= 4 is 16.8 Å². The lowest BCUT2D eigenvalue weighted by molar-refractivity contribution is -1.21. The summed E-state index contributed by atoms with van der Waals surface area (Å²) in [6.07, 6.45) is 6.36. The highest BCUT2D eigenvalue weighted by molar-refractivity contribution is 5.78. The van der Waals surface area contributed by atoms with Gasteiger partial charge in [-0.25, -0.2) is 9.78 Å². The summed E-state index contributed by atoms with van der Waals surface area (Å²) in [5.41, 5.74) is 2.55. The number of nitrogens with two attached hydrogens (primary N) is 1. The molecular weight excluding hydrogens is 418 g/mol. The molecule has 0 spiro atoms. The van der Waals surface area contributed by atoms with Crippen LogP contribution in [0.15, 0.2) is 60.7 Å². The van der Waals surface area contributed by atoms with Crippen LogP contribution in [0, 0.1) is 5.92 Å². The van der Waals surface area contributed by atoms with E-state index in [1.54, 1.807) is 0 Å². The number of nitrogens with zero attached hydrogens (tertiary/aromatic N) is 2. The summed E-state index contributed by atoms with van der Waals surface area (Å²) in [6.45, 7) is 1.63. The van der Waals surface area contributed by atoms with E-state index < -0.39 is 16.8 Å². The van der Waals surface area contributed by atoms with E-state index in [4.69, 9.17) is 15.6 Å². The standard InChI is InChI=1S/C26H32N3O4/c1-19(30)29(31,33-27)26(17-20-7-3-2-4-8-20)22-12-15-24(16-13-22)32-18-23-14-11-21-9-5-6-10-25(21)28-23/h5-6,9-16,20,26,31H,2-4,7-8,17-18,27H2,1H3/q+1. The second kappa shape index (κ2) is 10.4. The van der Waals surface area contributed by atoms with Gasteiger partial charge in [-0.05, 0) is 42.3 Å². The van der Waals surface area contributed by atoms with Crippen LogP contribution in [0.4, 0.5) is 0 Å². The molecule has 2 aromatic carbocycles. The minimum Gasteiger partial charge on any atom is -0.487 e. The van der Waals surface area contributed by atoms with Crippen LogP contribution in [-0.2, 0) is 16.3 Å². The van der Waals surface area contributed by atoms with Crippen molar-refractivity contribution in [1.82, 2.24) is 4.98 Å². The molecule has 2 atom stereocenters. The average molecular weight is 451 g/mol. The van der Waals surface area contributed by atoms with Crippen LogP contribution >= 0.6 is 0 Å². The zero-order chi connectivity index (χ0) is 23.3. The molecule has 1 saturated carbocycles. The van der Waals surface area contributed by atoms with Gasteiger partial charge in [-0.1, -0.05) is 61.3 Å². The fraction of sp³-hybridized carbons (Fsp3) is 0.385. The third-order valence-electron chi connectivity index (χ3n) is 6.62. The first-order chi connectivity index (χ1) is 16.0. The number of rotatable bonds is 8. The molecule has 1 aliphatic carbocycles. The van der Waals surface area contributed by atoms with E-state index in [1.165, 1.54) is 26.2 Å². The first kappa shape index (κ1) is 23.3. The quantitative estimate of drug-likeness (QED) is 0.272. The number of pyridine rings is 1. The molecule has 7 heteroatoms. The largest absolute Gasteiger partial charge is 0.487 e. The van der Waals surface area contributed by atoms with Crippen molar-refractivity contribution < 1.29 is 24.5 Å². The van der Waals surface area contributed by atoms with Gasteiger partial charge in [0.1, 0.15) is 12.4 Å². The van der Waals surface area contributed by atoms with Gasteiger partial charge in [-0.3, -0.25) is 0 Å². The van der Waals surface area contributed by atoms with Crippen LogP contribution in [-0.4, -0.2) is 20.9 Å². The van der Waals surface area contributed by atoms with Gasteiger partial charge in [-0.2, -0.15) is 11.1 Å². The summed E-state index contributed by atoms with van der Waals surface area (Å²) in [6, 6.07) is 18.8. The van der Waals surface area contributed by atoms with Crippen molar-refractivity contribution in [1.29, 1.82) is 0 Å². The Bertz CT molecular complexity index is 1080. The fourth-order valence-electron chi connectivity index (χ4n) is 4.72. The average Bonchev–Trinajstić information content (AvgIpc) is 2.86. The summed E-state index contributed by atoms with van der Waals surface area (Å²) < 4.78 is 5.93. The van der Waals surface area contributed by atoms with Gasteiger partial charge in [0.25, 0.3) is 0 Å². The number of hydrogen-bond donors (Lipinski definition) is 2. The van der Waals surface area contributed by atoms with Crippen LogP contribution in [0.25, 0.3) is 10.9 Å². The van der Waals surface area contributed by atoms with Crippen molar-refractivity contribution in [2.75, 3.05) is 0 Å². The van der Waals surface area contributed by atoms with Gasteiger partial charge in [0.2, 0.25) is 0 Å². The molecule has 174 valence electrons. The molecule has 1 amide bonds. The number of ether oxygens (including phenoxy) is 1. The Kier molecular flexibility index (Phi) is 7.35. The van der Waals surface area contributed by atoms with Gasteiger partial charge < -0.3 is 4.74 Å². The summed E-state index contributed by atoms with van der Waals surface area (Å²) in [7, 11) is 0. The van der Waals surface area contributed by atoms with Crippen molar-refractivity contribution in [2.45, 2.75) is 58.1 Å². The first-order valence-corrected chi connectivity index (χ1v) is 11.6. The van der Waals surface area contributed by atoms with E-state index in [0.717, 1.165) is 35.0 Å². The van der Waals surface area contributed by atoms with Crippen molar-refractivity contribution in [3.8, 4) is 5.75 Å². The minimum atomic E-state index is -1.27. The fourth-order valence-corrected chi connectivity index (χ4v) is 4.72. The first-order valence-electron chi connectivity index (χ1n) is 11.6. The Hall–Kier alpha value is -2.84. The molecule has 1 aliphatic rings. The maximum Gasteiger partial charge on any atom is 0.377 e. The number of carbonyl (C=O) groups excluding carboxylic acids is 1. The predicted octanol–water partition coefficient (Wildman–Crippen LogP) is 5.38. The van der Waals surface area contributed by atoms with Crippen LogP contribution in [0.2, 0.25) is 0 Å². The number of benzene rings is 2. The second-order valence-corrected chi connectivity index (χ2v) is 8.86. The van der Waals surface area contributed by atoms with Crippen LogP contribution in [0.3, 0.4) is 0 Å². The molecule has 0 saturated heterocycles. The highest BCUT2D eigenvalue weighted by Gasteiger charge is 2.46. The molecular formula is C26H32N3O4+. The molecule has 1 aromatic heterocycles. The molecule has 2 unspecified atom stereocenters. The number of amides is 1. The summed E-state index contributed by atoms with van der Waals surface area (Å²) >= 11 is 0. The number of carbonyl (C=O) groups is 1. The zero-order valence-corrected chi connectivity index (χ0v) is 19.0. The lowest BCUT2D eigenvalue weighted by Gasteiger charge is -2.33. The van der Waals surface area contributed by atoms with E-state index in [-0.39, 0.29) is 0 Å². The van der Waals surface area contributed by atoms with E-state index in [9.17, 15) is 10.0 Å². The normalized spacial score (nSPS) is 17.4. The highest BCUT2D eigenvalue weighted by atomic mass is 17.0. The molecule has 1 heterocycles. The third-order valence-corrected chi connectivity index (χ3v) is 6.62. The van der Waals surface area contributed by atoms with Crippen molar-refractivity contribution in [3.63, 3.8) is 0 Å². The SMILES string of the molecule is CC(=O)[N+](O)(ON)C(CC1CCCCC1)c1ccc(OCc2ccc3ccccc3n2)cc1. The monoisotopic (exact) mass is 450 g/mol. The van der Waals surface area contributed by atoms with Gasteiger partial charge >= 0.3 is 5.91 Å². The lowest BCUT2D eigenvalue weighted by atomic mass is 9.83. The van der Waals surface area contributed by atoms with E-state index in [0.29, 0.717) is 24.7 Å². The Labute approximate surface area is 194 Å². The third kappa shape index (κ3) is 5.39. The number of fused-ring (bicyclic) bond motifs is 1. The highest BCUT2D eigenvalue weighted by Crippen LogP contribution is 2.38. The minimum absolute atomic E-state index is 0.342. The molecule has 4 rings (SSSR count). The lowest BCUT2D eigenvalue weighted by Crippen LogP contribution is -2.53. The summed E-state index contributed by atoms with van der Waals surface area (Å²) in [5.74, 6) is 5.94. The Morgan fingerprint density at radius 2 is 1.82 bits per heavy atom. The van der Waals surface area contributed by atoms with Gasteiger partial charge in [0.15, 0.2) is 6.04 Å². The Balaban J connectivity index is 1.49. The molecule has 0 bridgehead atoms. The molecule has 3 N–H and O–H groups in total. The van der Waals surface area contributed by atoms with Crippen LogP contribution in [0.1, 0.15) is 62.7 Å². The van der Waals surface area contributed by atoms with E-state index in [2.05, 4.69) is 4.98 Å². The molecule has 33 heavy (non-hydrogen) atoms. The Morgan fingerprint density at radius 1 is 1.09 bits per heavy atom. The van der Waals surface area contributed by atoms with Gasteiger partial charge in [0.05, 0.1) is 18.1 Å². The molecule has 7 nitrogen and oxygen atoms in total. The molecule has 0 radical (unpaired) electrons. The number of quaternary nitrogens is 1. The maximum atomic E-state index is 12.3. The number of aromatic nitrogens is 1. The predicted molar refractivity (Wildman–Crippen MR) is 124 cm³/mol. The van der Waals surface area contributed by atoms with Crippen LogP contribution in [0.5, 0.6) is 5.75 Å². The molecule has 0 aliphatic heterocycles. The smallest absolute Gasteiger partial charge is 0.377 e. The number of para-hydroxylation sites is 1. The van der Waals surface area contributed by atoms with Gasteiger partial charge in [-0.15, -0.1) is 0 Å². The maximum absolute atomic E-state index is 12.3. The second-order valence-electron chi connectivity index (χ2n) is 8.86. The van der Waals surface area contributed by atoms with Crippen molar-refractivity contribution in [3.05, 3.63) is 71.9 Å². The summed E-state index contributed by atoms with van der Waals surface area (Å²) in [4.78, 5) is 20.5. The number of hydroxylamine groups is 4. The molecule has 1 fully saturated rings. The van der Waals surface area contributed by atoms with Crippen molar-refractivity contribution in [2.24, 2.45) is 11.8 Å². The van der Waals surface area contributed by atoms with E-state index in [1.807, 2.05) is 60.7 Å². The zero-order valence-electron chi connectivity index (χ0n) is 19.0. The van der Waals surface area contributed by atoms with Gasteiger partial charge in [0, 0.05) is 22.2 Å². The van der Waals surface area contributed by atoms with E-state index >= 15 is 0 Å².